The largest absolute Gasteiger partial charge is 0.507 e. The first-order valence-corrected chi connectivity index (χ1v) is 6.03. The Hall–Kier alpha value is -1.55. The fourth-order valence-electron chi connectivity index (χ4n) is 1.83. The number of hydrogen-bond donors (Lipinski definition) is 3. The third-order valence-electron chi connectivity index (χ3n) is 2.56. The van der Waals surface area contributed by atoms with Crippen molar-refractivity contribution in [3.63, 3.8) is 0 Å². The summed E-state index contributed by atoms with van der Waals surface area (Å²) in [7, 11) is 0. The van der Waals surface area contributed by atoms with E-state index in [9.17, 15) is 15.0 Å². The Kier molecular flexibility index (Phi) is 4.73. The zero-order valence-corrected chi connectivity index (χ0v) is 11.1. The van der Waals surface area contributed by atoms with Crippen molar-refractivity contribution in [2.24, 2.45) is 5.41 Å². The van der Waals surface area contributed by atoms with E-state index in [0.717, 1.165) is 0 Å². The quantitative estimate of drug-likeness (QED) is 0.765. The van der Waals surface area contributed by atoms with Gasteiger partial charge in [-0.05, 0) is 24.0 Å². The maximum Gasteiger partial charge on any atom is 0.255 e. The molecular weight excluding hydrogens is 230 g/mol. The Morgan fingerprint density at radius 3 is 2.44 bits per heavy atom. The fraction of sp³-hybridized carbons (Fsp3) is 0.500. The molecule has 0 saturated carbocycles. The van der Waals surface area contributed by atoms with Crippen LogP contribution in [0.5, 0.6) is 5.75 Å². The van der Waals surface area contributed by atoms with Crippen LogP contribution in [0.2, 0.25) is 0 Å². The van der Waals surface area contributed by atoms with Gasteiger partial charge in [0.2, 0.25) is 0 Å². The van der Waals surface area contributed by atoms with E-state index in [2.05, 4.69) is 5.32 Å². The summed E-state index contributed by atoms with van der Waals surface area (Å²) in [6.45, 7) is 6.02. The zero-order valence-electron chi connectivity index (χ0n) is 11.1. The summed E-state index contributed by atoms with van der Waals surface area (Å²) in [6.07, 6.45) is 0.669. The Morgan fingerprint density at radius 1 is 1.33 bits per heavy atom. The number of para-hydroxylation sites is 1. The molecule has 0 radical (unpaired) electrons. The number of amides is 1. The molecule has 1 rings (SSSR count). The molecule has 0 aromatic heterocycles. The van der Waals surface area contributed by atoms with Crippen LogP contribution in [0.25, 0.3) is 0 Å². The monoisotopic (exact) mass is 251 g/mol. The maximum absolute atomic E-state index is 11.9. The molecule has 0 spiro atoms. The molecule has 1 atom stereocenters. The molecule has 0 aliphatic carbocycles. The number of carbonyl (C=O) groups is 1. The van der Waals surface area contributed by atoms with Crippen LogP contribution in [0.15, 0.2) is 24.3 Å². The zero-order chi connectivity index (χ0) is 13.8. The molecular formula is C14H21NO3. The number of carbonyl (C=O) groups excluding carboxylic acids is 1. The number of phenols is 1. The van der Waals surface area contributed by atoms with Crippen LogP contribution in [-0.2, 0) is 0 Å². The van der Waals surface area contributed by atoms with E-state index >= 15 is 0 Å². The van der Waals surface area contributed by atoms with Crippen LogP contribution >= 0.6 is 0 Å². The lowest BCUT2D eigenvalue weighted by Gasteiger charge is -2.25. The summed E-state index contributed by atoms with van der Waals surface area (Å²) in [4.78, 5) is 11.9. The third-order valence-corrected chi connectivity index (χ3v) is 2.56. The van der Waals surface area contributed by atoms with Gasteiger partial charge in [-0.1, -0.05) is 32.9 Å². The highest BCUT2D eigenvalue weighted by molar-refractivity contribution is 5.96. The molecule has 1 aromatic rings. The average Bonchev–Trinajstić information content (AvgIpc) is 2.26. The molecule has 4 heteroatoms. The van der Waals surface area contributed by atoms with Crippen molar-refractivity contribution in [3.8, 4) is 5.75 Å². The fourth-order valence-corrected chi connectivity index (χ4v) is 1.83. The van der Waals surface area contributed by atoms with Gasteiger partial charge in [0, 0.05) is 0 Å². The molecule has 0 fully saturated rings. The van der Waals surface area contributed by atoms with E-state index in [-0.39, 0.29) is 35.3 Å². The predicted octanol–water partition coefficient (Wildman–Crippen LogP) is 1.92. The van der Waals surface area contributed by atoms with Crippen LogP contribution in [0.1, 0.15) is 37.6 Å². The average molecular weight is 251 g/mol. The Bertz CT molecular complexity index is 410. The molecule has 0 aliphatic rings. The lowest BCUT2D eigenvalue weighted by Crippen LogP contribution is -2.40. The van der Waals surface area contributed by atoms with Crippen LogP contribution in [-0.4, -0.2) is 28.8 Å². The SMILES string of the molecule is CC(C)(C)CC(CO)NC(=O)c1ccccc1O. The first-order chi connectivity index (χ1) is 8.33. The lowest BCUT2D eigenvalue weighted by molar-refractivity contribution is 0.0895. The van der Waals surface area contributed by atoms with Gasteiger partial charge in [-0.25, -0.2) is 0 Å². The van der Waals surface area contributed by atoms with Gasteiger partial charge < -0.3 is 15.5 Å². The smallest absolute Gasteiger partial charge is 0.255 e. The van der Waals surface area contributed by atoms with E-state index in [1.54, 1.807) is 18.2 Å². The standard InChI is InChI=1S/C14H21NO3/c1-14(2,3)8-10(9-16)15-13(18)11-6-4-5-7-12(11)17/h4-7,10,16-17H,8-9H2,1-3H3,(H,15,18). The van der Waals surface area contributed by atoms with Gasteiger partial charge in [-0.15, -0.1) is 0 Å². The molecule has 0 saturated heterocycles. The number of nitrogens with one attached hydrogen (secondary N) is 1. The Morgan fingerprint density at radius 2 is 1.94 bits per heavy atom. The van der Waals surface area contributed by atoms with E-state index in [4.69, 9.17) is 0 Å². The van der Waals surface area contributed by atoms with Crippen molar-refractivity contribution < 1.29 is 15.0 Å². The molecule has 1 amide bonds. The minimum atomic E-state index is -0.364. The molecule has 3 N–H and O–H groups in total. The molecule has 1 aromatic carbocycles. The Balaban J connectivity index is 2.71. The highest BCUT2D eigenvalue weighted by Gasteiger charge is 2.21. The second-order valence-electron chi connectivity index (χ2n) is 5.63. The second-order valence-corrected chi connectivity index (χ2v) is 5.63. The molecule has 0 bridgehead atoms. The van der Waals surface area contributed by atoms with Crippen LogP contribution < -0.4 is 5.32 Å². The summed E-state index contributed by atoms with van der Waals surface area (Å²) >= 11 is 0. The first kappa shape index (κ1) is 14.5. The van der Waals surface area contributed by atoms with Gasteiger partial charge in [0.05, 0.1) is 18.2 Å². The Labute approximate surface area is 108 Å². The van der Waals surface area contributed by atoms with E-state index in [1.165, 1.54) is 6.07 Å². The number of hydrogen-bond acceptors (Lipinski definition) is 3. The predicted molar refractivity (Wildman–Crippen MR) is 70.5 cm³/mol. The normalized spacial score (nSPS) is 13.1. The number of aliphatic hydroxyl groups is 1. The van der Waals surface area contributed by atoms with Gasteiger partial charge in [0.1, 0.15) is 5.75 Å². The third kappa shape index (κ3) is 4.37. The highest BCUT2D eigenvalue weighted by atomic mass is 16.3. The summed E-state index contributed by atoms with van der Waals surface area (Å²) in [6, 6.07) is 6.05. The summed E-state index contributed by atoms with van der Waals surface area (Å²) in [5.41, 5.74) is 0.240. The molecule has 0 heterocycles. The summed E-state index contributed by atoms with van der Waals surface area (Å²) < 4.78 is 0. The van der Waals surface area contributed by atoms with Crippen molar-refractivity contribution in [2.45, 2.75) is 33.2 Å². The first-order valence-electron chi connectivity index (χ1n) is 6.03. The number of benzene rings is 1. The maximum atomic E-state index is 11.9. The highest BCUT2D eigenvalue weighted by Crippen LogP contribution is 2.21. The summed E-state index contributed by atoms with van der Waals surface area (Å²) in [5.74, 6) is -0.418. The minimum absolute atomic E-state index is 0.0133. The number of aliphatic hydroxyl groups excluding tert-OH is 1. The van der Waals surface area contributed by atoms with Gasteiger partial charge in [-0.2, -0.15) is 0 Å². The molecule has 18 heavy (non-hydrogen) atoms. The van der Waals surface area contributed by atoms with Crippen molar-refractivity contribution in [2.75, 3.05) is 6.61 Å². The van der Waals surface area contributed by atoms with Crippen LogP contribution in [0.4, 0.5) is 0 Å². The van der Waals surface area contributed by atoms with Gasteiger partial charge >= 0.3 is 0 Å². The number of phenolic OH excluding ortho intramolecular Hbond substituents is 1. The van der Waals surface area contributed by atoms with Crippen LogP contribution in [0, 0.1) is 5.41 Å². The second kappa shape index (κ2) is 5.87. The van der Waals surface area contributed by atoms with Gasteiger partial charge in [0.15, 0.2) is 0 Å². The molecule has 100 valence electrons. The van der Waals surface area contributed by atoms with Crippen LogP contribution in [0.3, 0.4) is 0 Å². The van der Waals surface area contributed by atoms with Gasteiger partial charge in [0.25, 0.3) is 5.91 Å². The topological polar surface area (TPSA) is 69.6 Å². The number of rotatable bonds is 4. The molecule has 1 unspecified atom stereocenters. The summed E-state index contributed by atoms with van der Waals surface area (Å²) in [5, 5.41) is 21.6. The minimum Gasteiger partial charge on any atom is -0.507 e. The van der Waals surface area contributed by atoms with E-state index in [0.29, 0.717) is 6.42 Å². The van der Waals surface area contributed by atoms with Crippen molar-refractivity contribution >= 4 is 5.91 Å². The van der Waals surface area contributed by atoms with E-state index < -0.39 is 0 Å². The molecule has 0 aliphatic heterocycles. The lowest BCUT2D eigenvalue weighted by atomic mass is 9.88. The van der Waals surface area contributed by atoms with E-state index in [1.807, 2.05) is 20.8 Å². The van der Waals surface area contributed by atoms with Crippen molar-refractivity contribution in [1.82, 2.24) is 5.32 Å². The molecule has 4 nitrogen and oxygen atoms in total. The number of aromatic hydroxyl groups is 1. The van der Waals surface area contributed by atoms with Crippen molar-refractivity contribution in [3.05, 3.63) is 29.8 Å². The van der Waals surface area contributed by atoms with Gasteiger partial charge in [-0.3, -0.25) is 4.79 Å². The van der Waals surface area contributed by atoms with Crippen molar-refractivity contribution in [1.29, 1.82) is 0 Å².